The number of carboxylic acids is 1. The van der Waals surface area contributed by atoms with Crippen LogP contribution in [0.3, 0.4) is 0 Å². The summed E-state index contributed by atoms with van der Waals surface area (Å²) in [4.78, 5) is 36.6. The molecule has 0 bridgehead atoms. The molecule has 0 saturated carbocycles. The molecule has 1 aromatic carbocycles. The fourth-order valence-corrected chi connectivity index (χ4v) is 3.56. The Balaban J connectivity index is 1.75. The standard InChI is InChI=1S/C21H26N4O5/c1-25-20(27)18(17(30-2)12-23-25)14-5-3-13(4-6-14)11-16(21(28)29)24-19(26)15-7-9-22-10-8-15/h3-6,12,15-16,22H,7-11H2,1-2H3,(H,24,26)(H,28,29)/t16-/m0/s1. The number of aromatic nitrogens is 2. The summed E-state index contributed by atoms with van der Waals surface area (Å²) in [7, 11) is 3.03. The van der Waals surface area contributed by atoms with Crippen LogP contribution in [0.4, 0.5) is 0 Å². The second kappa shape index (κ2) is 9.53. The lowest BCUT2D eigenvalue weighted by atomic mass is 9.96. The average Bonchev–Trinajstić information content (AvgIpc) is 2.76. The van der Waals surface area contributed by atoms with E-state index in [2.05, 4.69) is 15.7 Å². The number of carboxylic acid groups (broad SMARTS) is 1. The van der Waals surface area contributed by atoms with E-state index in [1.165, 1.54) is 18.0 Å². The predicted octanol–water partition coefficient (Wildman–Crippen LogP) is 0.567. The Bertz CT molecular complexity index is 964. The molecule has 1 atom stereocenters. The number of benzene rings is 1. The van der Waals surface area contributed by atoms with E-state index >= 15 is 0 Å². The van der Waals surface area contributed by atoms with Gasteiger partial charge in [-0.2, -0.15) is 5.10 Å². The van der Waals surface area contributed by atoms with Gasteiger partial charge in [-0.25, -0.2) is 9.48 Å². The molecule has 3 N–H and O–H groups in total. The van der Waals surface area contributed by atoms with Crippen LogP contribution in [-0.4, -0.2) is 53.0 Å². The van der Waals surface area contributed by atoms with E-state index < -0.39 is 12.0 Å². The normalized spacial score (nSPS) is 15.4. The van der Waals surface area contributed by atoms with Crippen molar-refractivity contribution in [3.8, 4) is 16.9 Å². The number of ether oxygens (including phenoxy) is 1. The Morgan fingerprint density at radius 1 is 1.30 bits per heavy atom. The molecule has 1 aliphatic heterocycles. The third kappa shape index (κ3) is 4.85. The molecule has 1 saturated heterocycles. The fourth-order valence-electron chi connectivity index (χ4n) is 3.56. The SMILES string of the molecule is COc1cnn(C)c(=O)c1-c1ccc(C[C@H](NC(=O)C2CCNCC2)C(=O)O)cc1. The van der Waals surface area contributed by atoms with Crippen LogP contribution in [0.15, 0.2) is 35.3 Å². The van der Waals surface area contributed by atoms with Crippen molar-refractivity contribution >= 4 is 11.9 Å². The molecule has 2 aromatic rings. The van der Waals surface area contributed by atoms with Crippen LogP contribution >= 0.6 is 0 Å². The van der Waals surface area contributed by atoms with Gasteiger partial charge < -0.3 is 20.5 Å². The van der Waals surface area contributed by atoms with Crippen molar-refractivity contribution in [2.24, 2.45) is 13.0 Å². The summed E-state index contributed by atoms with van der Waals surface area (Å²) in [5.41, 5.74) is 1.47. The van der Waals surface area contributed by atoms with Crippen molar-refractivity contribution in [3.63, 3.8) is 0 Å². The van der Waals surface area contributed by atoms with Gasteiger partial charge in [0.05, 0.1) is 18.9 Å². The van der Waals surface area contributed by atoms with Crippen LogP contribution in [0.25, 0.3) is 11.1 Å². The summed E-state index contributed by atoms with van der Waals surface area (Å²) in [6, 6.07) is 5.97. The molecule has 0 radical (unpaired) electrons. The van der Waals surface area contributed by atoms with Gasteiger partial charge in [-0.3, -0.25) is 9.59 Å². The van der Waals surface area contributed by atoms with Crippen LogP contribution in [0.5, 0.6) is 5.75 Å². The molecule has 0 spiro atoms. The number of methoxy groups -OCH3 is 1. The average molecular weight is 414 g/mol. The van der Waals surface area contributed by atoms with Gasteiger partial charge in [0, 0.05) is 19.4 Å². The third-order valence-corrected chi connectivity index (χ3v) is 5.33. The number of nitrogens with one attached hydrogen (secondary N) is 2. The van der Waals surface area contributed by atoms with Gasteiger partial charge in [0.2, 0.25) is 5.91 Å². The van der Waals surface area contributed by atoms with Gasteiger partial charge >= 0.3 is 5.97 Å². The Morgan fingerprint density at radius 3 is 2.57 bits per heavy atom. The molecule has 160 valence electrons. The van der Waals surface area contributed by atoms with Gasteiger partial charge in [-0.1, -0.05) is 24.3 Å². The second-order valence-corrected chi connectivity index (χ2v) is 7.34. The molecule has 9 heteroatoms. The maximum Gasteiger partial charge on any atom is 0.326 e. The van der Waals surface area contributed by atoms with Crippen molar-refractivity contribution in [1.29, 1.82) is 0 Å². The van der Waals surface area contributed by atoms with E-state index in [1.54, 1.807) is 31.3 Å². The first-order valence-electron chi connectivity index (χ1n) is 9.84. The number of rotatable bonds is 7. The molecule has 9 nitrogen and oxygen atoms in total. The molecule has 30 heavy (non-hydrogen) atoms. The van der Waals surface area contributed by atoms with Crippen LogP contribution in [0.1, 0.15) is 18.4 Å². The van der Waals surface area contributed by atoms with E-state index in [1.807, 2.05) is 0 Å². The highest BCUT2D eigenvalue weighted by Crippen LogP contribution is 2.25. The van der Waals surface area contributed by atoms with Crippen molar-refractivity contribution in [2.75, 3.05) is 20.2 Å². The highest BCUT2D eigenvalue weighted by Gasteiger charge is 2.26. The van der Waals surface area contributed by atoms with Crippen molar-refractivity contribution in [2.45, 2.75) is 25.3 Å². The van der Waals surface area contributed by atoms with Crippen molar-refractivity contribution < 1.29 is 19.4 Å². The summed E-state index contributed by atoms with van der Waals surface area (Å²) in [6.07, 6.45) is 3.03. The van der Waals surface area contributed by atoms with Crippen LogP contribution in [0, 0.1) is 5.92 Å². The number of amides is 1. The minimum atomic E-state index is -1.08. The topological polar surface area (TPSA) is 123 Å². The number of hydrogen-bond acceptors (Lipinski definition) is 6. The molecule has 3 rings (SSSR count). The number of piperidine rings is 1. The van der Waals surface area contributed by atoms with Crippen molar-refractivity contribution in [1.82, 2.24) is 20.4 Å². The van der Waals surface area contributed by atoms with Crippen LogP contribution in [0.2, 0.25) is 0 Å². The summed E-state index contributed by atoms with van der Waals surface area (Å²) in [6.45, 7) is 1.52. The van der Waals surface area contributed by atoms with Gasteiger partial charge in [0.1, 0.15) is 6.04 Å². The Kier molecular flexibility index (Phi) is 6.83. The lowest BCUT2D eigenvalue weighted by Crippen LogP contribution is -2.47. The summed E-state index contributed by atoms with van der Waals surface area (Å²) in [5, 5.41) is 19.4. The van der Waals surface area contributed by atoms with Crippen molar-refractivity contribution in [3.05, 3.63) is 46.4 Å². The molecular formula is C21H26N4O5. The minimum Gasteiger partial charge on any atom is -0.494 e. The number of aryl methyl sites for hydroxylation is 1. The molecule has 1 aromatic heterocycles. The largest absolute Gasteiger partial charge is 0.494 e. The second-order valence-electron chi connectivity index (χ2n) is 7.34. The zero-order chi connectivity index (χ0) is 21.7. The first kappa shape index (κ1) is 21.5. The Labute approximate surface area is 174 Å². The molecule has 0 aliphatic carbocycles. The van der Waals surface area contributed by atoms with Gasteiger partial charge in [-0.05, 0) is 37.1 Å². The van der Waals surface area contributed by atoms with E-state index in [-0.39, 0.29) is 23.8 Å². The number of carbonyl (C=O) groups excluding carboxylic acids is 1. The first-order chi connectivity index (χ1) is 14.4. The van der Waals surface area contributed by atoms with Gasteiger partial charge in [0.15, 0.2) is 5.75 Å². The highest BCUT2D eigenvalue weighted by atomic mass is 16.5. The fraction of sp³-hybridized carbons (Fsp3) is 0.429. The molecule has 0 unspecified atom stereocenters. The van der Waals surface area contributed by atoms with E-state index in [0.29, 0.717) is 29.7 Å². The minimum absolute atomic E-state index is 0.151. The number of hydrogen-bond donors (Lipinski definition) is 3. The van der Waals surface area contributed by atoms with Gasteiger partial charge in [0.25, 0.3) is 5.56 Å². The summed E-state index contributed by atoms with van der Waals surface area (Å²) in [5.74, 6) is -1.09. The number of aliphatic carboxylic acids is 1. The van der Waals surface area contributed by atoms with E-state index in [0.717, 1.165) is 18.7 Å². The monoisotopic (exact) mass is 414 g/mol. The van der Waals surface area contributed by atoms with Crippen LogP contribution < -0.4 is 20.9 Å². The first-order valence-corrected chi connectivity index (χ1v) is 9.84. The summed E-state index contributed by atoms with van der Waals surface area (Å²) < 4.78 is 6.48. The van der Waals surface area contributed by atoms with E-state index in [9.17, 15) is 19.5 Å². The molecule has 1 fully saturated rings. The molecule has 1 amide bonds. The molecular weight excluding hydrogens is 388 g/mol. The van der Waals surface area contributed by atoms with E-state index in [4.69, 9.17) is 4.74 Å². The molecule has 1 aliphatic rings. The lowest BCUT2D eigenvalue weighted by Gasteiger charge is -2.24. The van der Waals surface area contributed by atoms with Gasteiger partial charge in [-0.15, -0.1) is 0 Å². The highest BCUT2D eigenvalue weighted by molar-refractivity contribution is 5.85. The number of carbonyl (C=O) groups is 2. The maximum atomic E-state index is 12.5. The zero-order valence-electron chi connectivity index (χ0n) is 17.1. The lowest BCUT2D eigenvalue weighted by molar-refractivity contribution is -0.142. The number of nitrogens with zero attached hydrogens (tertiary/aromatic N) is 2. The zero-order valence-corrected chi connectivity index (χ0v) is 17.1. The quantitative estimate of drug-likeness (QED) is 0.605. The molecule has 2 heterocycles. The van der Waals surface area contributed by atoms with Crippen LogP contribution in [-0.2, 0) is 23.1 Å². The smallest absolute Gasteiger partial charge is 0.326 e. The maximum absolute atomic E-state index is 12.5. The predicted molar refractivity (Wildman–Crippen MR) is 110 cm³/mol. The third-order valence-electron chi connectivity index (χ3n) is 5.33. The Hall–Kier alpha value is -3.20. The Morgan fingerprint density at radius 2 is 1.97 bits per heavy atom. The summed E-state index contributed by atoms with van der Waals surface area (Å²) >= 11 is 0.